The predicted molar refractivity (Wildman–Crippen MR) is 136 cm³/mol. The highest BCUT2D eigenvalue weighted by Gasteiger charge is 2.19. The van der Waals surface area contributed by atoms with Crippen LogP contribution in [0.1, 0.15) is 17.0 Å². The summed E-state index contributed by atoms with van der Waals surface area (Å²) in [6, 6.07) is 23.6. The number of nitrogens with one attached hydrogen (secondary N) is 1. The maximum atomic E-state index is 12.9. The number of nitrogens with zero attached hydrogens (tertiary/aromatic N) is 5. The van der Waals surface area contributed by atoms with Crippen LogP contribution < -0.4 is 5.32 Å². The van der Waals surface area contributed by atoms with Crippen LogP contribution in [0.15, 0.2) is 88.6 Å². The molecule has 0 saturated carbocycles. The second kappa shape index (κ2) is 10.0. The molecule has 3 heterocycles. The highest BCUT2D eigenvalue weighted by atomic mass is 32.2. The summed E-state index contributed by atoms with van der Waals surface area (Å²) in [6.45, 7) is 4.40. The van der Waals surface area contributed by atoms with Gasteiger partial charge in [-0.15, -0.1) is 10.2 Å². The first kappa shape index (κ1) is 22.7. The van der Waals surface area contributed by atoms with Gasteiger partial charge in [-0.2, -0.15) is 5.10 Å². The Hall–Kier alpha value is -4.11. The van der Waals surface area contributed by atoms with E-state index in [-0.39, 0.29) is 11.7 Å². The van der Waals surface area contributed by atoms with E-state index in [9.17, 15) is 4.79 Å². The number of aryl methyl sites for hydroxylation is 1. The number of thioether (sulfide) groups is 1. The monoisotopic (exact) mass is 484 g/mol. The fraction of sp³-hybridized carbons (Fsp3) is 0.154. The van der Waals surface area contributed by atoms with E-state index in [1.165, 1.54) is 11.8 Å². The lowest BCUT2D eigenvalue weighted by Crippen LogP contribution is -2.16. The number of para-hydroxylation sites is 1. The minimum absolute atomic E-state index is 0.136. The standard InChI is InChI=1S/C26H24N6O2S/c1-18-24(19(2)32(30-18)21-12-7-4-8-13-21)27-23(33)17-35-26-29-28-25(22-14-9-15-34-22)31(26)16-20-10-5-3-6-11-20/h3-15H,16-17H2,1-2H3,(H,27,33). The van der Waals surface area contributed by atoms with Gasteiger partial charge in [-0.25, -0.2) is 4.68 Å². The topological polar surface area (TPSA) is 90.8 Å². The fourth-order valence-corrected chi connectivity index (χ4v) is 4.58. The Labute approximate surface area is 207 Å². The molecule has 35 heavy (non-hydrogen) atoms. The number of carbonyl (C=O) groups excluding carboxylic acids is 1. The summed E-state index contributed by atoms with van der Waals surface area (Å²) < 4.78 is 9.37. The molecule has 0 aliphatic rings. The molecule has 0 spiro atoms. The highest BCUT2D eigenvalue weighted by molar-refractivity contribution is 7.99. The molecular formula is C26H24N6O2S. The van der Waals surface area contributed by atoms with E-state index in [4.69, 9.17) is 4.42 Å². The molecule has 0 aliphatic heterocycles. The number of rotatable bonds is 8. The molecule has 1 amide bonds. The summed E-state index contributed by atoms with van der Waals surface area (Å²) in [6.07, 6.45) is 1.61. The van der Waals surface area contributed by atoms with Gasteiger partial charge in [-0.1, -0.05) is 60.3 Å². The Kier molecular flexibility index (Phi) is 6.49. The van der Waals surface area contributed by atoms with Gasteiger partial charge in [-0.05, 0) is 43.7 Å². The van der Waals surface area contributed by atoms with Gasteiger partial charge >= 0.3 is 0 Å². The van der Waals surface area contributed by atoms with Crippen molar-refractivity contribution >= 4 is 23.4 Å². The van der Waals surface area contributed by atoms with Crippen LogP contribution in [0.2, 0.25) is 0 Å². The Morgan fingerprint density at radius 1 is 0.971 bits per heavy atom. The van der Waals surface area contributed by atoms with Crippen molar-refractivity contribution in [2.24, 2.45) is 0 Å². The zero-order chi connectivity index (χ0) is 24.2. The summed E-state index contributed by atoms with van der Waals surface area (Å²) >= 11 is 1.34. The van der Waals surface area contributed by atoms with Gasteiger partial charge in [0, 0.05) is 0 Å². The van der Waals surface area contributed by atoms with Crippen molar-refractivity contribution in [2.45, 2.75) is 25.5 Å². The van der Waals surface area contributed by atoms with Crippen molar-refractivity contribution in [3.05, 3.63) is 96.0 Å². The van der Waals surface area contributed by atoms with Gasteiger partial charge in [0.15, 0.2) is 10.9 Å². The van der Waals surface area contributed by atoms with Crippen LogP contribution in [0.25, 0.3) is 17.3 Å². The van der Waals surface area contributed by atoms with Crippen LogP contribution in [0.5, 0.6) is 0 Å². The molecule has 2 aromatic carbocycles. The third kappa shape index (κ3) is 4.90. The minimum Gasteiger partial charge on any atom is -0.461 e. The predicted octanol–water partition coefficient (Wildman–Crippen LogP) is 5.12. The molecule has 5 rings (SSSR count). The number of benzene rings is 2. The molecule has 0 saturated heterocycles. The van der Waals surface area contributed by atoms with Crippen molar-refractivity contribution in [1.29, 1.82) is 0 Å². The lowest BCUT2D eigenvalue weighted by Gasteiger charge is -2.10. The Morgan fingerprint density at radius 3 is 2.43 bits per heavy atom. The number of amides is 1. The van der Waals surface area contributed by atoms with Gasteiger partial charge < -0.3 is 9.73 Å². The SMILES string of the molecule is Cc1nn(-c2ccccc2)c(C)c1NC(=O)CSc1nnc(-c2ccco2)n1Cc1ccccc1. The van der Waals surface area contributed by atoms with Crippen LogP contribution in [0, 0.1) is 13.8 Å². The van der Waals surface area contributed by atoms with E-state index in [1.54, 1.807) is 6.26 Å². The van der Waals surface area contributed by atoms with Gasteiger partial charge in [0.1, 0.15) is 0 Å². The summed E-state index contributed by atoms with van der Waals surface area (Å²) in [7, 11) is 0. The summed E-state index contributed by atoms with van der Waals surface area (Å²) in [5.74, 6) is 1.30. The number of hydrogen-bond acceptors (Lipinski definition) is 6. The molecule has 0 radical (unpaired) electrons. The summed E-state index contributed by atoms with van der Waals surface area (Å²) in [4.78, 5) is 12.9. The molecule has 5 aromatic rings. The van der Waals surface area contributed by atoms with Crippen LogP contribution in [-0.4, -0.2) is 36.2 Å². The van der Waals surface area contributed by atoms with Crippen LogP contribution in [-0.2, 0) is 11.3 Å². The van der Waals surface area contributed by atoms with E-state index in [0.717, 1.165) is 28.3 Å². The second-order valence-electron chi connectivity index (χ2n) is 7.99. The van der Waals surface area contributed by atoms with Crippen molar-refractivity contribution in [2.75, 3.05) is 11.1 Å². The van der Waals surface area contributed by atoms with Crippen molar-refractivity contribution in [3.63, 3.8) is 0 Å². The molecule has 0 unspecified atom stereocenters. The third-order valence-electron chi connectivity index (χ3n) is 5.53. The van der Waals surface area contributed by atoms with Crippen molar-refractivity contribution < 1.29 is 9.21 Å². The number of hydrogen-bond donors (Lipinski definition) is 1. The van der Waals surface area contributed by atoms with Gasteiger partial charge in [0.2, 0.25) is 11.7 Å². The normalized spacial score (nSPS) is 11.0. The number of aromatic nitrogens is 5. The molecule has 3 aromatic heterocycles. The molecule has 0 bridgehead atoms. The molecule has 0 fully saturated rings. The van der Waals surface area contributed by atoms with Crippen molar-refractivity contribution in [3.8, 4) is 17.3 Å². The average molecular weight is 485 g/mol. The molecule has 9 heteroatoms. The quantitative estimate of drug-likeness (QED) is 0.308. The largest absolute Gasteiger partial charge is 0.461 e. The molecule has 176 valence electrons. The second-order valence-corrected chi connectivity index (χ2v) is 8.93. The fourth-order valence-electron chi connectivity index (χ4n) is 3.84. The van der Waals surface area contributed by atoms with Crippen molar-refractivity contribution in [1.82, 2.24) is 24.5 Å². The van der Waals surface area contributed by atoms with E-state index in [1.807, 2.05) is 95.9 Å². The molecule has 1 N–H and O–H groups in total. The number of anilines is 1. The van der Waals surface area contributed by atoms with Gasteiger partial charge in [0.25, 0.3) is 0 Å². The Bertz CT molecular complexity index is 1430. The summed E-state index contributed by atoms with van der Waals surface area (Å²) in [5, 5.41) is 16.9. The lowest BCUT2D eigenvalue weighted by molar-refractivity contribution is -0.113. The molecule has 8 nitrogen and oxygen atoms in total. The molecule has 0 aliphatic carbocycles. The van der Waals surface area contributed by atoms with Crippen LogP contribution in [0.4, 0.5) is 5.69 Å². The first-order valence-corrected chi connectivity index (χ1v) is 12.1. The Morgan fingerprint density at radius 2 is 1.71 bits per heavy atom. The van der Waals surface area contributed by atoms with E-state index < -0.39 is 0 Å². The van der Waals surface area contributed by atoms with Gasteiger partial charge in [-0.3, -0.25) is 9.36 Å². The Balaban J connectivity index is 1.33. The van der Waals surface area contributed by atoms with Crippen LogP contribution >= 0.6 is 11.8 Å². The van der Waals surface area contributed by atoms with E-state index in [2.05, 4.69) is 20.6 Å². The number of carbonyl (C=O) groups is 1. The highest BCUT2D eigenvalue weighted by Crippen LogP contribution is 2.27. The van der Waals surface area contributed by atoms with Gasteiger partial charge in [0.05, 0.1) is 41.3 Å². The zero-order valence-electron chi connectivity index (χ0n) is 19.4. The lowest BCUT2D eigenvalue weighted by atomic mass is 10.2. The zero-order valence-corrected chi connectivity index (χ0v) is 20.2. The first-order chi connectivity index (χ1) is 17.1. The maximum Gasteiger partial charge on any atom is 0.234 e. The smallest absolute Gasteiger partial charge is 0.234 e. The minimum atomic E-state index is -0.136. The van der Waals surface area contributed by atoms with E-state index >= 15 is 0 Å². The number of furan rings is 1. The van der Waals surface area contributed by atoms with Crippen LogP contribution in [0.3, 0.4) is 0 Å². The average Bonchev–Trinajstić information content (AvgIpc) is 3.61. The molecule has 0 atom stereocenters. The van der Waals surface area contributed by atoms with E-state index in [0.29, 0.717) is 23.3 Å². The third-order valence-corrected chi connectivity index (χ3v) is 6.50. The summed E-state index contributed by atoms with van der Waals surface area (Å²) in [5.41, 5.74) is 4.41. The maximum absolute atomic E-state index is 12.9. The molecular weight excluding hydrogens is 460 g/mol. The first-order valence-electron chi connectivity index (χ1n) is 11.2.